The third-order valence-corrected chi connectivity index (χ3v) is 5.28. The van der Waals surface area contributed by atoms with Crippen LogP contribution in [0.3, 0.4) is 0 Å². The Hall–Kier alpha value is -2.54. The Labute approximate surface area is 153 Å². The Morgan fingerprint density at radius 1 is 1.42 bits per heavy atom. The second-order valence-corrected chi connectivity index (χ2v) is 6.94. The Morgan fingerprint density at radius 2 is 2.31 bits per heavy atom. The largest absolute Gasteiger partial charge is 0.495 e. The van der Waals surface area contributed by atoms with E-state index >= 15 is 0 Å². The zero-order valence-electron chi connectivity index (χ0n) is 15.0. The molecule has 7 heteroatoms. The van der Waals surface area contributed by atoms with Gasteiger partial charge < -0.3 is 20.3 Å². The molecule has 7 nitrogen and oxygen atoms in total. The van der Waals surface area contributed by atoms with Gasteiger partial charge in [-0.05, 0) is 24.5 Å². The maximum Gasteiger partial charge on any atom is 0.272 e. The van der Waals surface area contributed by atoms with Crippen molar-refractivity contribution in [3.05, 3.63) is 41.2 Å². The third-order valence-electron chi connectivity index (χ3n) is 5.28. The van der Waals surface area contributed by atoms with Crippen LogP contribution >= 0.6 is 0 Å². The number of rotatable bonds is 5. The predicted molar refractivity (Wildman–Crippen MR) is 99.6 cm³/mol. The summed E-state index contributed by atoms with van der Waals surface area (Å²) in [5, 5.41) is 13.6. The number of para-hydroxylation sites is 2. The topological polar surface area (TPSA) is 82.3 Å². The lowest BCUT2D eigenvalue weighted by molar-refractivity contribution is 0.0942. The molecule has 3 heterocycles. The van der Waals surface area contributed by atoms with Crippen LogP contribution in [0.2, 0.25) is 0 Å². The number of H-pyrrole nitrogens is 1. The third kappa shape index (κ3) is 3.26. The van der Waals surface area contributed by atoms with E-state index in [4.69, 9.17) is 4.74 Å². The summed E-state index contributed by atoms with van der Waals surface area (Å²) in [5.41, 5.74) is 3.75. The highest BCUT2D eigenvalue weighted by atomic mass is 16.5. The number of carbonyl (C=O) groups is 1. The second kappa shape index (κ2) is 7.37. The number of anilines is 1. The molecule has 26 heavy (non-hydrogen) atoms. The molecule has 0 aliphatic carbocycles. The van der Waals surface area contributed by atoms with E-state index in [2.05, 4.69) is 31.8 Å². The lowest BCUT2D eigenvalue weighted by atomic mass is 10.1. The molecule has 0 bridgehead atoms. The zero-order chi connectivity index (χ0) is 17.9. The Balaban J connectivity index is 1.34. The van der Waals surface area contributed by atoms with Crippen LogP contribution in [-0.2, 0) is 13.0 Å². The average molecular weight is 355 g/mol. The van der Waals surface area contributed by atoms with Crippen molar-refractivity contribution in [3.63, 3.8) is 0 Å². The molecule has 2 aromatic rings. The number of amides is 1. The Bertz CT molecular complexity index is 788. The average Bonchev–Trinajstić information content (AvgIpc) is 3.33. The van der Waals surface area contributed by atoms with E-state index in [0.29, 0.717) is 24.7 Å². The summed E-state index contributed by atoms with van der Waals surface area (Å²) in [6, 6.07) is 8.08. The van der Waals surface area contributed by atoms with Gasteiger partial charge in [0.05, 0.1) is 12.8 Å². The summed E-state index contributed by atoms with van der Waals surface area (Å²) in [5.74, 6) is 1.24. The van der Waals surface area contributed by atoms with Gasteiger partial charge in [-0.25, -0.2) is 0 Å². The van der Waals surface area contributed by atoms with E-state index in [1.165, 1.54) is 0 Å². The van der Waals surface area contributed by atoms with Gasteiger partial charge in [-0.1, -0.05) is 12.1 Å². The van der Waals surface area contributed by atoms with E-state index in [1.54, 1.807) is 7.11 Å². The number of hydrogen-bond acceptors (Lipinski definition) is 5. The molecule has 2 aliphatic rings. The number of methoxy groups -OCH3 is 1. The van der Waals surface area contributed by atoms with Crippen LogP contribution in [0.15, 0.2) is 24.3 Å². The first-order valence-electron chi connectivity index (χ1n) is 9.19. The molecule has 0 radical (unpaired) electrons. The highest BCUT2D eigenvalue weighted by Gasteiger charge is 2.26. The fraction of sp³-hybridized carbons (Fsp3) is 0.474. The normalized spacial score (nSPS) is 19.3. The number of nitrogens with zero attached hydrogens (tertiary/aromatic N) is 2. The number of benzene rings is 1. The number of carbonyl (C=O) groups excluding carboxylic acids is 1. The summed E-state index contributed by atoms with van der Waals surface area (Å²) in [7, 11) is 1.70. The standard InChI is InChI=1S/C19H25N5O2/c1-26-17-5-3-2-4-16(17)24-9-7-13(12-24)10-21-19(25)18-14-11-20-8-6-15(14)22-23-18/h2-5,13,20H,6-12H2,1H3,(H,21,25)(H,22,23). The molecular weight excluding hydrogens is 330 g/mol. The number of fused-ring (bicyclic) bond motifs is 1. The second-order valence-electron chi connectivity index (χ2n) is 6.94. The zero-order valence-corrected chi connectivity index (χ0v) is 15.0. The molecular formula is C19H25N5O2. The van der Waals surface area contributed by atoms with E-state index in [-0.39, 0.29) is 5.91 Å². The first-order chi connectivity index (χ1) is 12.8. The van der Waals surface area contributed by atoms with Crippen molar-refractivity contribution in [3.8, 4) is 5.75 Å². The van der Waals surface area contributed by atoms with Gasteiger partial charge in [0.1, 0.15) is 5.75 Å². The monoisotopic (exact) mass is 355 g/mol. The lowest BCUT2D eigenvalue weighted by Crippen LogP contribution is -2.33. The van der Waals surface area contributed by atoms with Gasteiger partial charge in [0, 0.05) is 50.4 Å². The summed E-state index contributed by atoms with van der Waals surface area (Å²) in [4.78, 5) is 14.9. The van der Waals surface area contributed by atoms with Gasteiger partial charge in [-0.2, -0.15) is 5.10 Å². The molecule has 1 saturated heterocycles. The Kier molecular flexibility index (Phi) is 4.79. The molecule has 1 aromatic heterocycles. The highest BCUT2D eigenvalue weighted by Crippen LogP contribution is 2.31. The number of aromatic nitrogens is 2. The van der Waals surface area contributed by atoms with Crippen molar-refractivity contribution in [2.75, 3.05) is 38.2 Å². The van der Waals surface area contributed by atoms with Crippen molar-refractivity contribution in [2.45, 2.75) is 19.4 Å². The smallest absolute Gasteiger partial charge is 0.272 e. The maximum atomic E-state index is 12.5. The van der Waals surface area contributed by atoms with Gasteiger partial charge in [0.2, 0.25) is 0 Å². The molecule has 1 atom stereocenters. The highest BCUT2D eigenvalue weighted by molar-refractivity contribution is 5.94. The fourth-order valence-corrected chi connectivity index (χ4v) is 3.84. The Morgan fingerprint density at radius 3 is 3.19 bits per heavy atom. The van der Waals surface area contributed by atoms with Crippen molar-refractivity contribution >= 4 is 11.6 Å². The number of hydrogen-bond donors (Lipinski definition) is 3. The van der Waals surface area contributed by atoms with Crippen molar-refractivity contribution in [2.24, 2.45) is 5.92 Å². The summed E-state index contributed by atoms with van der Waals surface area (Å²) < 4.78 is 5.46. The molecule has 4 rings (SSSR count). The van der Waals surface area contributed by atoms with Gasteiger partial charge in [-0.3, -0.25) is 9.89 Å². The minimum atomic E-state index is -0.0815. The van der Waals surface area contributed by atoms with E-state index < -0.39 is 0 Å². The van der Waals surface area contributed by atoms with E-state index in [1.807, 2.05) is 18.2 Å². The summed E-state index contributed by atoms with van der Waals surface area (Å²) in [6.45, 7) is 4.19. The predicted octanol–water partition coefficient (Wildman–Crippen LogP) is 1.32. The number of nitrogens with one attached hydrogen (secondary N) is 3. The molecule has 138 valence electrons. The number of ether oxygens (including phenoxy) is 1. The molecule has 0 saturated carbocycles. The van der Waals surface area contributed by atoms with E-state index in [0.717, 1.165) is 55.2 Å². The summed E-state index contributed by atoms with van der Waals surface area (Å²) >= 11 is 0. The maximum absolute atomic E-state index is 12.5. The molecule has 1 amide bonds. The van der Waals surface area contributed by atoms with Crippen LogP contribution in [0.4, 0.5) is 5.69 Å². The van der Waals surface area contributed by atoms with Crippen LogP contribution in [0.5, 0.6) is 5.75 Å². The summed E-state index contributed by atoms with van der Waals surface area (Å²) in [6.07, 6.45) is 1.95. The molecule has 1 aromatic carbocycles. The van der Waals surface area contributed by atoms with Crippen LogP contribution < -0.4 is 20.3 Å². The van der Waals surface area contributed by atoms with Gasteiger partial charge in [0.15, 0.2) is 5.69 Å². The quantitative estimate of drug-likeness (QED) is 0.754. The minimum absolute atomic E-state index is 0.0815. The van der Waals surface area contributed by atoms with Crippen molar-refractivity contribution < 1.29 is 9.53 Å². The van der Waals surface area contributed by atoms with Crippen LogP contribution in [0.25, 0.3) is 0 Å². The fourth-order valence-electron chi connectivity index (χ4n) is 3.84. The lowest BCUT2D eigenvalue weighted by Gasteiger charge is -2.21. The SMILES string of the molecule is COc1ccccc1N1CCC(CNC(=O)c2n[nH]c3c2CNCC3)C1. The molecule has 1 fully saturated rings. The first kappa shape index (κ1) is 16.9. The van der Waals surface area contributed by atoms with Crippen molar-refractivity contribution in [1.29, 1.82) is 0 Å². The molecule has 1 unspecified atom stereocenters. The first-order valence-corrected chi connectivity index (χ1v) is 9.19. The van der Waals surface area contributed by atoms with E-state index in [9.17, 15) is 4.79 Å². The number of aromatic amines is 1. The molecule has 2 aliphatic heterocycles. The van der Waals surface area contributed by atoms with Crippen molar-refractivity contribution in [1.82, 2.24) is 20.8 Å². The van der Waals surface area contributed by atoms with Crippen LogP contribution in [-0.4, -0.2) is 49.4 Å². The van der Waals surface area contributed by atoms with Gasteiger partial charge in [-0.15, -0.1) is 0 Å². The van der Waals surface area contributed by atoms with Gasteiger partial charge in [0.25, 0.3) is 5.91 Å². The van der Waals surface area contributed by atoms with Gasteiger partial charge >= 0.3 is 0 Å². The van der Waals surface area contributed by atoms with Crippen LogP contribution in [0, 0.1) is 5.92 Å². The molecule has 3 N–H and O–H groups in total. The molecule has 0 spiro atoms. The minimum Gasteiger partial charge on any atom is -0.495 e. The van der Waals surface area contributed by atoms with Crippen LogP contribution in [0.1, 0.15) is 28.2 Å².